The Morgan fingerprint density at radius 1 is 1.50 bits per heavy atom. The summed E-state index contributed by atoms with van der Waals surface area (Å²) in [6.07, 6.45) is 4.42. The number of hydrogen-bond donors (Lipinski definition) is 0. The fourth-order valence-corrected chi connectivity index (χ4v) is 2.82. The lowest BCUT2D eigenvalue weighted by molar-refractivity contribution is 0.404. The van der Waals surface area contributed by atoms with Crippen molar-refractivity contribution in [2.75, 3.05) is 13.3 Å². The zero-order chi connectivity index (χ0) is 15.5. The number of aliphatic imine (C=N–C) groups is 1. The monoisotopic (exact) mass is 336 g/mol. The van der Waals surface area contributed by atoms with E-state index in [4.69, 9.17) is 16.1 Å². The van der Waals surface area contributed by atoms with Crippen molar-refractivity contribution in [3.8, 4) is 11.5 Å². The van der Waals surface area contributed by atoms with Crippen LogP contribution in [0.2, 0.25) is 5.02 Å². The zero-order valence-corrected chi connectivity index (χ0v) is 14.1. The first-order valence-corrected chi connectivity index (χ1v) is 8.67. The van der Waals surface area contributed by atoms with E-state index in [0.29, 0.717) is 29.3 Å². The smallest absolute Gasteiger partial charge is 0.258 e. The topological polar surface area (TPSA) is 54.5 Å². The molecule has 0 N–H and O–H groups in total. The normalized spacial score (nSPS) is 15.1. The molecule has 1 aromatic carbocycles. The molecule has 22 heavy (non-hydrogen) atoms. The summed E-state index contributed by atoms with van der Waals surface area (Å²) in [5.41, 5.74) is 0.825. The molecule has 7 heteroatoms. The van der Waals surface area contributed by atoms with Gasteiger partial charge in [-0.25, -0.2) is 0 Å². The van der Waals surface area contributed by atoms with E-state index in [1.807, 2.05) is 37.6 Å². The second-order valence-corrected chi connectivity index (χ2v) is 6.44. The Morgan fingerprint density at radius 3 is 3.00 bits per heavy atom. The first-order chi connectivity index (χ1) is 10.7. The Balaban J connectivity index is 1.71. The molecule has 2 aromatic rings. The summed E-state index contributed by atoms with van der Waals surface area (Å²) in [6.45, 7) is 0.566. The molecule has 0 saturated heterocycles. The fourth-order valence-electron chi connectivity index (χ4n) is 2.00. The minimum atomic E-state index is 0.482. The predicted octanol–water partition coefficient (Wildman–Crippen LogP) is 3.70. The van der Waals surface area contributed by atoms with Gasteiger partial charge in [0, 0.05) is 17.6 Å². The summed E-state index contributed by atoms with van der Waals surface area (Å²) in [5, 5.41) is 5.70. The van der Waals surface area contributed by atoms with Crippen molar-refractivity contribution in [2.24, 2.45) is 4.99 Å². The number of benzene rings is 1. The van der Waals surface area contributed by atoms with Gasteiger partial charge in [0.15, 0.2) is 11.0 Å². The van der Waals surface area contributed by atoms with Crippen molar-refractivity contribution < 1.29 is 4.52 Å². The highest BCUT2D eigenvalue weighted by Gasteiger charge is 2.22. The standard InChI is InChI=1S/C15H17ClN4OS/c1-20(15(22-2)17-12-6-7-12)9-13-18-14(21-19-13)10-4-3-5-11(16)8-10/h3-5,8,12H,6-7,9H2,1-2H3/b17-15-. The van der Waals surface area contributed by atoms with Crippen molar-refractivity contribution >= 4 is 28.5 Å². The van der Waals surface area contributed by atoms with Crippen LogP contribution in [0.3, 0.4) is 0 Å². The van der Waals surface area contributed by atoms with Gasteiger partial charge in [-0.2, -0.15) is 4.98 Å². The highest BCUT2D eigenvalue weighted by molar-refractivity contribution is 8.13. The molecule has 1 heterocycles. The number of nitrogens with zero attached hydrogens (tertiary/aromatic N) is 4. The number of hydrogen-bond acceptors (Lipinski definition) is 5. The third kappa shape index (κ3) is 3.81. The van der Waals surface area contributed by atoms with E-state index < -0.39 is 0 Å². The van der Waals surface area contributed by atoms with Gasteiger partial charge in [0.2, 0.25) is 0 Å². The van der Waals surface area contributed by atoms with E-state index in [1.165, 1.54) is 12.8 Å². The van der Waals surface area contributed by atoms with Crippen LogP contribution in [0.5, 0.6) is 0 Å². The van der Waals surface area contributed by atoms with Crippen LogP contribution in [-0.4, -0.2) is 39.6 Å². The minimum absolute atomic E-state index is 0.482. The SMILES string of the molecule is CS/C(=N\C1CC1)N(C)Cc1noc(-c2cccc(Cl)c2)n1. The highest BCUT2D eigenvalue weighted by Crippen LogP contribution is 2.26. The van der Waals surface area contributed by atoms with E-state index >= 15 is 0 Å². The summed E-state index contributed by atoms with van der Waals surface area (Å²) in [4.78, 5) is 11.2. The molecule has 0 unspecified atom stereocenters. The fraction of sp³-hybridized carbons (Fsp3) is 0.400. The Bertz CT molecular complexity index is 684. The van der Waals surface area contributed by atoms with Crippen LogP contribution < -0.4 is 0 Å². The predicted molar refractivity (Wildman–Crippen MR) is 90.2 cm³/mol. The molecule has 0 spiro atoms. The molecule has 5 nitrogen and oxygen atoms in total. The highest BCUT2D eigenvalue weighted by atomic mass is 35.5. The maximum Gasteiger partial charge on any atom is 0.258 e. The number of amidine groups is 1. The molecule has 1 aliphatic rings. The van der Waals surface area contributed by atoms with Gasteiger partial charge in [-0.05, 0) is 37.3 Å². The van der Waals surface area contributed by atoms with Gasteiger partial charge in [0.25, 0.3) is 5.89 Å². The Kier molecular flexibility index (Phi) is 4.69. The molecule has 0 atom stereocenters. The maximum absolute atomic E-state index is 5.98. The van der Waals surface area contributed by atoms with Crippen molar-refractivity contribution in [3.05, 3.63) is 35.1 Å². The Morgan fingerprint density at radius 2 is 2.32 bits per heavy atom. The van der Waals surface area contributed by atoms with Gasteiger partial charge in [-0.3, -0.25) is 4.99 Å². The van der Waals surface area contributed by atoms with Crippen molar-refractivity contribution in [3.63, 3.8) is 0 Å². The number of aromatic nitrogens is 2. The Labute approximate surface area is 138 Å². The van der Waals surface area contributed by atoms with Gasteiger partial charge in [-0.1, -0.05) is 34.6 Å². The van der Waals surface area contributed by atoms with Crippen LogP contribution in [-0.2, 0) is 6.54 Å². The minimum Gasteiger partial charge on any atom is -0.347 e. The first kappa shape index (κ1) is 15.4. The first-order valence-electron chi connectivity index (χ1n) is 7.07. The van der Waals surface area contributed by atoms with Crippen LogP contribution in [0.4, 0.5) is 0 Å². The second kappa shape index (κ2) is 6.71. The van der Waals surface area contributed by atoms with Gasteiger partial charge in [-0.15, -0.1) is 0 Å². The van der Waals surface area contributed by atoms with Crippen molar-refractivity contribution in [1.82, 2.24) is 15.0 Å². The van der Waals surface area contributed by atoms with Crippen LogP contribution in [0.1, 0.15) is 18.7 Å². The van der Waals surface area contributed by atoms with Crippen LogP contribution >= 0.6 is 23.4 Å². The summed E-state index contributed by atoms with van der Waals surface area (Å²) >= 11 is 7.63. The molecule has 3 rings (SSSR count). The summed E-state index contributed by atoms with van der Waals surface area (Å²) < 4.78 is 5.32. The summed E-state index contributed by atoms with van der Waals surface area (Å²) in [5.74, 6) is 1.12. The lowest BCUT2D eigenvalue weighted by Crippen LogP contribution is -2.24. The maximum atomic E-state index is 5.98. The van der Waals surface area contributed by atoms with Gasteiger partial charge < -0.3 is 9.42 Å². The summed E-state index contributed by atoms with van der Waals surface area (Å²) in [6, 6.07) is 7.88. The van der Waals surface area contributed by atoms with Crippen LogP contribution in [0.15, 0.2) is 33.8 Å². The molecule has 1 fully saturated rings. The third-order valence-electron chi connectivity index (χ3n) is 3.27. The Hall–Kier alpha value is -1.53. The molecule has 0 radical (unpaired) electrons. The lowest BCUT2D eigenvalue weighted by Gasteiger charge is -2.17. The molecule has 0 aliphatic heterocycles. The van der Waals surface area contributed by atoms with Crippen molar-refractivity contribution in [2.45, 2.75) is 25.4 Å². The van der Waals surface area contributed by atoms with Crippen molar-refractivity contribution in [1.29, 1.82) is 0 Å². The summed E-state index contributed by atoms with van der Waals surface area (Å²) in [7, 11) is 1.99. The number of thioether (sulfide) groups is 1. The number of rotatable bonds is 4. The molecular formula is C15H17ClN4OS. The van der Waals surface area contributed by atoms with Gasteiger partial charge >= 0.3 is 0 Å². The molecule has 1 saturated carbocycles. The van der Waals surface area contributed by atoms with Gasteiger partial charge in [0.1, 0.15) is 0 Å². The average Bonchev–Trinajstić information content (AvgIpc) is 3.21. The molecule has 1 aliphatic carbocycles. The van der Waals surface area contributed by atoms with Crippen LogP contribution in [0, 0.1) is 0 Å². The quantitative estimate of drug-likeness (QED) is 0.629. The van der Waals surface area contributed by atoms with E-state index in [9.17, 15) is 0 Å². The molecular weight excluding hydrogens is 320 g/mol. The zero-order valence-electron chi connectivity index (χ0n) is 12.5. The molecule has 0 bridgehead atoms. The van der Waals surface area contributed by atoms with E-state index in [2.05, 4.69) is 20.0 Å². The molecule has 0 amide bonds. The third-order valence-corrected chi connectivity index (χ3v) is 4.28. The molecule has 116 valence electrons. The number of halogens is 1. The average molecular weight is 337 g/mol. The van der Waals surface area contributed by atoms with Gasteiger partial charge in [0.05, 0.1) is 12.6 Å². The van der Waals surface area contributed by atoms with E-state index in [-0.39, 0.29) is 0 Å². The van der Waals surface area contributed by atoms with E-state index in [0.717, 1.165) is 10.7 Å². The molecule has 1 aromatic heterocycles. The van der Waals surface area contributed by atoms with E-state index in [1.54, 1.807) is 11.8 Å². The second-order valence-electron chi connectivity index (χ2n) is 5.23. The largest absolute Gasteiger partial charge is 0.347 e. The van der Waals surface area contributed by atoms with Crippen LogP contribution in [0.25, 0.3) is 11.5 Å². The lowest BCUT2D eigenvalue weighted by atomic mass is 10.2.